The van der Waals surface area contributed by atoms with Gasteiger partial charge in [-0.2, -0.15) is 0 Å². The number of hydrogen-bond donors (Lipinski definition) is 1. The summed E-state index contributed by atoms with van der Waals surface area (Å²) in [7, 11) is 1.38. The molecule has 0 saturated carbocycles. The van der Waals surface area contributed by atoms with Crippen molar-refractivity contribution in [3.8, 4) is 5.75 Å². The topological polar surface area (TPSA) is 50.8 Å². The van der Waals surface area contributed by atoms with Gasteiger partial charge in [0.25, 0.3) is 5.91 Å². The molecule has 6 heteroatoms. The van der Waals surface area contributed by atoms with E-state index < -0.39 is 5.82 Å². The second-order valence-electron chi connectivity index (χ2n) is 5.47. The fourth-order valence-corrected chi connectivity index (χ4v) is 2.38. The Kier molecular flexibility index (Phi) is 6.15. The smallest absolute Gasteiger partial charge is 0.251 e. The number of benzene rings is 1. The van der Waals surface area contributed by atoms with E-state index in [0.717, 1.165) is 39.3 Å². The maximum atomic E-state index is 13.4. The molecule has 1 atom stereocenters. The van der Waals surface area contributed by atoms with E-state index in [0.29, 0.717) is 5.56 Å². The van der Waals surface area contributed by atoms with Gasteiger partial charge < -0.3 is 14.8 Å². The number of hydrogen-bond acceptors (Lipinski definition) is 4. The van der Waals surface area contributed by atoms with E-state index in [4.69, 9.17) is 9.47 Å². The second kappa shape index (κ2) is 8.10. The van der Waals surface area contributed by atoms with E-state index in [1.165, 1.54) is 25.3 Å². The Hall–Kier alpha value is -1.66. The van der Waals surface area contributed by atoms with Crippen LogP contribution in [0.5, 0.6) is 5.75 Å². The predicted octanol–water partition coefficient (Wildman–Crippen LogP) is 1.67. The zero-order valence-electron chi connectivity index (χ0n) is 13.1. The fourth-order valence-electron chi connectivity index (χ4n) is 2.38. The summed E-state index contributed by atoms with van der Waals surface area (Å²) in [6.45, 7) is 6.33. The number of ether oxygens (including phenoxy) is 2. The molecule has 1 aliphatic rings. The van der Waals surface area contributed by atoms with Gasteiger partial charge in [-0.05, 0) is 31.5 Å². The molecule has 1 heterocycles. The van der Waals surface area contributed by atoms with Crippen molar-refractivity contribution >= 4 is 5.91 Å². The average Bonchev–Trinajstić information content (AvgIpc) is 2.54. The van der Waals surface area contributed by atoms with Gasteiger partial charge in [-0.15, -0.1) is 0 Å². The molecule has 0 aromatic heterocycles. The van der Waals surface area contributed by atoms with Crippen LogP contribution in [0, 0.1) is 5.82 Å². The largest absolute Gasteiger partial charge is 0.494 e. The van der Waals surface area contributed by atoms with Crippen LogP contribution in [0.15, 0.2) is 18.2 Å². The molecular formula is C16H23FN2O3. The Labute approximate surface area is 130 Å². The molecule has 1 aromatic carbocycles. The Morgan fingerprint density at radius 1 is 1.45 bits per heavy atom. The van der Waals surface area contributed by atoms with Crippen LogP contribution in [0.1, 0.15) is 23.7 Å². The zero-order chi connectivity index (χ0) is 15.9. The lowest BCUT2D eigenvalue weighted by atomic mass is 10.1. The van der Waals surface area contributed by atoms with Crippen molar-refractivity contribution in [2.24, 2.45) is 0 Å². The van der Waals surface area contributed by atoms with Gasteiger partial charge in [0.15, 0.2) is 11.6 Å². The monoisotopic (exact) mass is 310 g/mol. The van der Waals surface area contributed by atoms with Crippen molar-refractivity contribution in [2.75, 3.05) is 40.0 Å². The number of amides is 1. The van der Waals surface area contributed by atoms with Crippen LogP contribution >= 0.6 is 0 Å². The first-order valence-corrected chi connectivity index (χ1v) is 7.54. The van der Waals surface area contributed by atoms with Crippen LogP contribution < -0.4 is 10.1 Å². The van der Waals surface area contributed by atoms with Crippen LogP contribution in [0.2, 0.25) is 0 Å². The van der Waals surface area contributed by atoms with E-state index in [2.05, 4.69) is 10.2 Å². The third-order valence-corrected chi connectivity index (χ3v) is 3.77. The Morgan fingerprint density at radius 2 is 2.18 bits per heavy atom. The number of carbonyl (C=O) groups is 1. The van der Waals surface area contributed by atoms with Crippen molar-refractivity contribution in [3.63, 3.8) is 0 Å². The minimum absolute atomic E-state index is 0.0476. The van der Waals surface area contributed by atoms with Gasteiger partial charge in [0.2, 0.25) is 0 Å². The van der Waals surface area contributed by atoms with E-state index in [9.17, 15) is 9.18 Å². The summed E-state index contributed by atoms with van der Waals surface area (Å²) < 4.78 is 23.6. The molecule has 1 aliphatic heterocycles. The first-order valence-electron chi connectivity index (χ1n) is 7.54. The predicted molar refractivity (Wildman–Crippen MR) is 81.8 cm³/mol. The SMILES string of the molecule is COc1cc(C(=O)N[C@@H](C)CCN2CCOCC2)ccc1F. The van der Waals surface area contributed by atoms with E-state index in [1.807, 2.05) is 6.92 Å². The molecule has 22 heavy (non-hydrogen) atoms. The van der Waals surface area contributed by atoms with Gasteiger partial charge in [0, 0.05) is 31.2 Å². The van der Waals surface area contributed by atoms with Crippen molar-refractivity contribution in [1.29, 1.82) is 0 Å². The molecule has 0 spiro atoms. The van der Waals surface area contributed by atoms with Crippen LogP contribution in [0.25, 0.3) is 0 Å². The zero-order valence-corrected chi connectivity index (χ0v) is 13.1. The van der Waals surface area contributed by atoms with Crippen molar-refractivity contribution < 1.29 is 18.7 Å². The minimum atomic E-state index is -0.473. The summed E-state index contributed by atoms with van der Waals surface area (Å²) in [5.74, 6) is -0.610. The maximum Gasteiger partial charge on any atom is 0.251 e. The Morgan fingerprint density at radius 3 is 2.86 bits per heavy atom. The average molecular weight is 310 g/mol. The van der Waals surface area contributed by atoms with Crippen LogP contribution in [0.3, 0.4) is 0 Å². The van der Waals surface area contributed by atoms with Gasteiger partial charge in [-0.3, -0.25) is 9.69 Å². The molecule has 0 bridgehead atoms. The van der Waals surface area contributed by atoms with E-state index in [-0.39, 0.29) is 17.7 Å². The molecule has 0 unspecified atom stereocenters. The number of carbonyl (C=O) groups excluding carboxylic acids is 1. The lowest BCUT2D eigenvalue weighted by Crippen LogP contribution is -2.40. The third-order valence-electron chi connectivity index (χ3n) is 3.77. The lowest BCUT2D eigenvalue weighted by molar-refractivity contribution is 0.0363. The molecule has 1 N–H and O–H groups in total. The number of nitrogens with zero attached hydrogens (tertiary/aromatic N) is 1. The molecule has 122 valence electrons. The van der Waals surface area contributed by atoms with E-state index in [1.54, 1.807) is 0 Å². The maximum absolute atomic E-state index is 13.4. The molecule has 1 fully saturated rings. The van der Waals surface area contributed by atoms with Gasteiger partial charge in [-0.1, -0.05) is 0 Å². The fraction of sp³-hybridized carbons (Fsp3) is 0.562. The minimum Gasteiger partial charge on any atom is -0.494 e. The van der Waals surface area contributed by atoms with Crippen molar-refractivity contribution in [3.05, 3.63) is 29.6 Å². The number of nitrogens with one attached hydrogen (secondary N) is 1. The van der Waals surface area contributed by atoms with Crippen molar-refractivity contribution in [2.45, 2.75) is 19.4 Å². The molecular weight excluding hydrogens is 287 g/mol. The number of rotatable bonds is 6. The number of methoxy groups -OCH3 is 1. The van der Waals surface area contributed by atoms with Gasteiger partial charge in [-0.25, -0.2) is 4.39 Å². The molecule has 5 nitrogen and oxygen atoms in total. The van der Waals surface area contributed by atoms with Crippen LogP contribution in [0.4, 0.5) is 4.39 Å². The summed E-state index contributed by atoms with van der Waals surface area (Å²) in [5, 5.41) is 2.93. The Balaban J connectivity index is 1.82. The molecule has 0 aliphatic carbocycles. The van der Waals surface area contributed by atoms with Crippen molar-refractivity contribution in [1.82, 2.24) is 10.2 Å². The summed E-state index contributed by atoms with van der Waals surface area (Å²) >= 11 is 0. The molecule has 1 amide bonds. The number of morpholine rings is 1. The molecule has 2 rings (SSSR count). The summed E-state index contributed by atoms with van der Waals surface area (Å²) in [4.78, 5) is 14.5. The van der Waals surface area contributed by atoms with Gasteiger partial charge in [0.05, 0.1) is 20.3 Å². The summed E-state index contributed by atoms with van der Waals surface area (Å²) in [6, 6.07) is 4.17. The molecule has 1 saturated heterocycles. The van der Waals surface area contributed by atoms with Gasteiger partial charge >= 0.3 is 0 Å². The van der Waals surface area contributed by atoms with E-state index >= 15 is 0 Å². The quantitative estimate of drug-likeness (QED) is 0.868. The van der Waals surface area contributed by atoms with Crippen LogP contribution in [-0.2, 0) is 4.74 Å². The highest BCUT2D eigenvalue weighted by molar-refractivity contribution is 5.94. The Bertz CT molecular complexity index is 504. The van der Waals surface area contributed by atoms with Gasteiger partial charge in [0.1, 0.15) is 0 Å². The standard InChI is InChI=1S/C16H23FN2O3/c1-12(5-6-19-7-9-22-10-8-19)18-16(20)13-3-4-14(17)15(11-13)21-2/h3-4,11-12H,5-10H2,1-2H3,(H,18,20)/t12-/m0/s1. The lowest BCUT2D eigenvalue weighted by Gasteiger charge is -2.27. The summed E-state index contributed by atoms with van der Waals surface area (Å²) in [6.07, 6.45) is 0.865. The second-order valence-corrected chi connectivity index (χ2v) is 5.47. The molecule has 1 aromatic rings. The molecule has 0 radical (unpaired) electrons. The van der Waals surface area contributed by atoms with Crippen LogP contribution in [-0.4, -0.2) is 56.8 Å². The first kappa shape index (κ1) is 16.7. The normalized spacial score (nSPS) is 17.0. The highest BCUT2D eigenvalue weighted by atomic mass is 19.1. The highest BCUT2D eigenvalue weighted by Gasteiger charge is 2.15. The number of halogens is 1. The first-order chi connectivity index (χ1) is 10.6. The third kappa shape index (κ3) is 4.68. The highest BCUT2D eigenvalue weighted by Crippen LogP contribution is 2.18. The summed E-state index contributed by atoms with van der Waals surface area (Å²) in [5.41, 5.74) is 0.400.